The number of carbonyl (C=O) groups excluding carboxylic acids is 2. The molecule has 0 aromatic rings. The number of hydrogen-bond donors (Lipinski definition) is 3. The van der Waals surface area contributed by atoms with Crippen molar-refractivity contribution in [2.75, 3.05) is 32.8 Å². The first kappa shape index (κ1) is 13.9. The molecule has 0 aromatic heterocycles. The Morgan fingerprint density at radius 3 is 2.71 bits per heavy atom. The molecule has 1 saturated heterocycles. The number of nitrogens with zero attached hydrogens (tertiary/aromatic N) is 1. The number of urea groups is 1. The monoisotopic (exact) mass is 243 g/mol. The Morgan fingerprint density at radius 1 is 1.41 bits per heavy atom. The summed E-state index contributed by atoms with van der Waals surface area (Å²) in [5.41, 5.74) is 0. The van der Waals surface area contributed by atoms with Crippen LogP contribution in [0.1, 0.15) is 19.8 Å². The van der Waals surface area contributed by atoms with Gasteiger partial charge in [-0.1, -0.05) is 13.3 Å². The van der Waals surface area contributed by atoms with Crippen molar-refractivity contribution in [3.05, 3.63) is 0 Å². The van der Waals surface area contributed by atoms with Crippen molar-refractivity contribution in [2.24, 2.45) is 5.92 Å². The summed E-state index contributed by atoms with van der Waals surface area (Å²) in [5, 5.41) is 13.7. The molecule has 3 amide bonds. The third-order valence-electron chi connectivity index (χ3n) is 2.73. The van der Waals surface area contributed by atoms with E-state index in [4.69, 9.17) is 5.11 Å². The number of aliphatic hydroxyl groups is 1. The summed E-state index contributed by atoms with van der Waals surface area (Å²) in [6, 6.07) is -0.428. The number of aliphatic hydroxyl groups excluding tert-OH is 1. The standard InChI is InChI=1S/C11H21N3O3/c1-2-3-4-12-11(17)13-10(16)7-14-5-9(6-14)8-15/h9,15H,2-8H2,1H3,(H2,12,13,16,17). The molecule has 0 atom stereocenters. The minimum Gasteiger partial charge on any atom is -0.396 e. The molecule has 98 valence electrons. The van der Waals surface area contributed by atoms with Crippen LogP contribution >= 0.6 is 0 Å². The van der Waals surface area contributed by atoms with E-state index in [1.54, 1.807) is 0 Å². The summed E-state index contributed by atoms with van der Waals surface area (Å²) >= 11 is 0. The van der Waals surface area contributed by atoms with E-state index >= 15 is 0 Å². The summed E-state index contributed by atoms with van der Waals surface area (Å²) in [6.45, 7) is 4.45. The van der Waals surface area contributed by atoms with Gasteiger partial charge in [0.1, 0.15) is 0 Å². The van der Waals surface area contributed by atoms with Gasteiger partial charge in [-0.25, -0.2) is 4.79 Å². The highest BCUT2D eigenvalue weighted by molar-refractivity contribution is 5.95. The maximum Gasteiger partial charge on any atom is 0.321 e. The topological polar surface area (TPSA) is 81.7 Å². The fraction of sp³-hybridized carbons (Fsp3) is 0.818. The number of unbranched alkanes of at least 4 members (excludes halogenated alkanes) is 1. The number of imide groups is 1. The van der Waals surface area contributed by atoms with E-state index in [-0.39, 0.29) is 25.0 Å². The lowest BCUT2D eigenvalue weighted by Crippen LogP contribution is -2.53. The van der Waals surface area contributed by atoms with Crippen LogP contribution in [0.3, 0.4) is 0 Å². The summed E-state index contributed by atoms with van der Waals surface area (Å²) in [6.07, 6.45) is 1.91. The quantitative estimate of drug-likeness (QED) is 0.551. The van der Waals surface area contributed by atoms with Gasteiger partial charge in [0.25, 0.3) is 0 Å². The zero-order chi connectivity index (χ0) is 12.7. The van der Waals surface area contributed by atoms with Gasteiger partial charge in [0.2, 0.25) is 5.91 Å². The minimum atomic E-state index is -0.428. The molecule has 3 N–H and O–H groups in total. The number of carbonyl (C=O) groups is 2. The number of amides is 3. The second-order valence-electron chi connectivity index (χ2n) is 4.40. The Labute approximate surface area is 101 Å². The van der Waals surface area contributed by atoms with E-state index < -0.39 is 6.03 Å². The van der Waals surface area contributed by atoms with Crippen molar-refractivity contribution in [3.8, 4) is 0 Å². The molecule has 6 nitrogen and oxygen atoms in total. The van der Waals surface area contributed by atoms with Crippen LogP contribution < -0.4 is 10.6 Å². The van der Waals surface area contributed by atoms with Crippen molar-refractivity contribution >= 4 is 11.9 Å². The van der Waals surface area contributed by atoms with Crippen LogP contribution in [0.4, 0.5) is 4.79 Å². The first-order valence-corrected chi connectivity index (χ1v) is 6.06. The van der Waals surface area contributed by atoms with Crippen LogP contribution in [0.2, 0.25) is 0 Å². The Balaban J connectivity index is 2.06. The second kappa shape index (κ2) is 7.24. The predicted octanol–water partition coefficient (Wildman–Crippen LogP) is -0.464. The Hall–Kier alpha value is -1.14. The Kier molecular flexibility index (Phi) is 5.93. The van der Waals surface area contributed by atoms with Gasteiger partial charge in [0, 0.05) is 32.2 Å². The Bertz CT molecular complexity index is 265. The summed E-state index contributed by atoms with van der Waals surface area (Å²) in [7, 11) is 0. The molecule has 1 rings (SSSR count). The predicted molar refractivity (Wildman–Crippen MR) is 63.5 cm³/mol. The van der Waals surface area contributed by atoms with Crippen LogP contribution in [0.15, 0.2) is 0 Å². The maximum atomic E-state index is 11.4. The molecule has 17 heavy (non-hydrogen) atoms. The van der Waals surface area contributed by atoms with Crippen LogP contribution in [0.5, 0.6) is 0 Å². The largest absolute Gasteiger partial charge is 0.396 e. The fourth-order valence-electron chi connectivity index (χ4n) is 1.71. The van der Waals surface area contributed by atoms with E-state index in [0.717, 1.165) is 25.9 Å². The molecular formula is C11H21N3O3. The van der Waals surface area contributed by atoms with Gasteiger partial charge in [0.15, 0.2) is 0 Å². The lowest BCUT2D eigenvalue weighted by Gasteiger charge is -2.37. The van der Waals surface area contributed by atoms with E-state index in [1.165, 1.54) is 0 Å². The molecule has 0 saturated carbocycles. The third-order valence-corrected chi connectivity index (χ3v) is 2.73. The molecule has 1 aliphatic heterocycles. The second-order valence-corrected chi connectivity index (χ2v) is 4.40. The van der Waals surface area contributed by atoms with Gasteiger partial charge in [-0.05, 0) is 6.42 Å². The fourth-order valence-corrected chi connectivity index (χ4v) is 1.71. The molecule has 0 spiro atoms. The Morgan fingerprint density at radius 2 is 2.12 bits per heavy atom. The van der Waals surface area contributed by atoms with Crippen LogP contribution in [0, 0.1) is 5.92 Å². The van der Waals surface area contributed by atoms with Crippen LogP contribution in [-0.2, 0) is 4.79 Å². The molecular weight excluding hydrogens is 222 g/mol. The average molecular weight is 243 g/mol. The van der Waals surface area contributed by atoms with Crippen molar-refractivity contribution in [1.82, 2.24) is 15.5 Å². The molecule has 0 unspecified atom stereocenters. The van der Waals surface area contributed by atoms with E-state index in [2.05, 4.69) is 10.6 Å². The molecule has 0 bridgehead atoms. The highest BCUT2D eigenvalue weighted by atomic mass is 16.3. The third kappa shape index (κ3) is 5.14. The highest BCUT2D eigenvalue weighted by Gasteiger charge is 2.27. The van der Waals surface area contributed by atoms with Gasteiger partial charge in [-0.3, -0.25) is 15.0 Å². The normalized spacial score (nSPS) is 16.4. The molecule has 6 heteroatoms. The van der Waals surface area contributed by atoms with Gasteiger partial charge in [-0.15, -0.1) is 0 Å². The molecule has 1 fully saturated rings. The average Bonchev–Trinajstić information content (AvgIpc) is 2.23. The van der Waals surface area contributed by atoms with E-state index in [1.807, 2.05) is 11.8 Å². The SMILES string of the molecule is CCCCNC(=O)NC(=O)CN1CC(CO)C1. The van der Waals surface area contributed by atoms with Gasteiger partial charge >= 0.3 is 6.03 Å². The molecule has 0 radical (unpaired) electrons. The van der Waals surface area contributed by atoms with E-state index in [0.29, 0.717) is 6.54 Å². The number of nitrogens with one attached hydrogen (secondary N) is 2. The van der Waals surface area contributed by atoms with Crippen molar-refractivity contribution in [3.63, 3.8) is 0 Å². The minimum absolute atomic E-state index is 0.162. The lowest BCUT2D eigenvalue weighted by molar-refractivity contribution is -0.123. The molecule has 0 aromatic carbocycles. The highest BCUT2D eigenvalue weighted by Crippen LogP contribution is 2.13. The zero-order valence-corrected chi connectivity index (χ0v) is 10.2. The van der Waals surface area contributed by atoms with Crippen LogP contribution in [-0.4, -0.2) is 54.7 Å². The van der Waals surface area contributed by atoms with Crippen LogP contribution in [0.25, 0.3) is 0 Å². The molecule has 0 aliphatic carbocycles. The lowest BCUT2D eigenvalue weighted by atomic mass is 10.0. The van der Waals surface area contributed by atoms with Crippen molar-refractivity contribution in [1.29, 1.82) is 0 Å². The van der Waals surface area contributed by atoms with Gasteiger partial charge in [0.05, 0.1) is 6.54 Å². The smallest absolute Gasteiger partial charge is 0.321 e. The summed E-state index contributed by atoms with van der Waals surface area (Å²) in [4.78, 5) is 24.5. The molecule has 1 aliphatic rings. The van der Waals surface area contributed by atoms with E-state index in [9.17, 15) is 9.59 Å². The number of hydrogen-bond acceptors (Lipinski definition) is 4. The maximum absolute atomic E-state index is 11.4. The number of likely N-dealkylation sites (tertiary alicyclic amines) is 1. The van der Waals surface area contributed by atoms with Gasteiger partial charge < -0.3 is 10.4 Å². The zero-order valence-electron chi connectivity index (χ0n) is 10.2. The van der Waals surface area contributed by atoms with Gasteiger partial charge in [-0.2, -0.15) is 0 Å². The summed E-state index contributed by atoms with van der Waals surface area (Å²) in [5.74, 6) is -0.0171. The first-order valence-electron chi connectivity index (χ1n) is 6.06. The summed E-state index contributed by atoms with van der Waals surface area (Å²) < 4.78 is 0. The van der Waals surface area contributed by atoms with Crippen molar-refractivity contribution < 1.29 is 14.7 Å². The first-order chi connectivity index (χ1) is 8.15. The number of rotatable bonds is 6. The molecule has 1 heterocycles. The van der Waals surface area contributed by atoms with Crippen molar-refractivity contribution in [2.45, 2.75) is 19.8 Å².